The largest absolute Gasteiger partial charge is 0.508 e. The third-order valence-electron chi connectivity index (χ3n) is 7.82. The van der Waals surface area contributed by atoms with Crippen LogP contribution >= 0.6 is 0 Å². The van der Waals surface area contributed by atoms with Gasteiger partial charge in [-0.25, -0.2) is 4.79 Å². The number of benzene rings is 3. The van der Waals surface area contributed by atoms with Crippen LogP contribution in [0.15, 0.2) is 66.7 Å². The number of nitrogens with one attached hydrogen (secondary N) is 2. The Bertz CT molecular complexity index is 1660. The zero-order valence-corrected chi connectivity index (χ0v) is 26.7. The Labute approximate surface area is 279 Å². The first-order valence-electron chi connectivity index (χ1n) is 15.0. The second-order valence-electron chi connectivity index (χ2n) is 11.5. The van der Waals surface area contributed by atoms with E-state index < -0.39 is 60.4 Å². The van der Waals surface area contributed by atoms with Crippen LogP contribution in [0.3, 0.4) is 0 Å². The number of halogens is 3. The maximum atomic E-state index is 13.8. The minimum atomic E-state index is -5.08. The van der Waals surface area contributed by atoms with Crippen LogP contribution in [0.4, 0.5) is 13.2 Å². The van der Waals surface area contributed by atoms with Crippen LogP contribution in [-0.4, -0.2) is 74.2 Å². The number of carbonyl (C=O) groups is 5. The molecule has 0 saturated carbocycles. The summed E-state index contributed by atoms with van der Waals surface area (Å²) in [7, 11) is 0. The normalized spacial score (nSPS) is 15.1. The fourth-order valence-electron chi connectivity index (χ4n) is 5.36. The Kier molecular flexibility index (Phi) is 12.9. The monoisotopic (exact) mass is 686 g/mol. The van der Waals surface area contributed by atoms with E-state index in [1.165, 1.54) is 4.90 Å². The lowest BCUT2D eigenvalue weighted by Crippen LogP contribution is -2.59. The highest BCUT2D eigenvalue weighted by molar-refractivity contribution is 5.95. The molecule has 0 radical (unpaired) electrons. The molecular formula is C34H37F3N4O8. The van der Waals surface area contributed by atoms with Crippen molar-refractivity contribution in [2.75, 3.05) is 0 Å². The molecule has 49 heavy (non-hydrogen) atoms. The Morgan fingerprint density at radius 3 is 2.04 bits per heavy atom. The van der Waals surface area contributed by atoms with Gasteiger partial charge in [-0.3, -0.25) is 19.2 Å². The van der Waals surface area contributed by atoms with Crippen LogP contribution < -0.4 is 16.4 Å². The first-order valence-corrected chi connectivity index (χ1v) is 15.0. The van der Waals surface area contributed by atoms with Crippen molar-refractivity contribution < 1.29 is 52.5 Å². The predicted molar refractivity (Wildman–Crippen MR) is 170 cm³/mol. The van der Waals surface area contributed by atoms with E-state index in [9.17, 15) is 42.6 Å². The van der Waals surface area contributed by atoms with Crippen molar-refractivity contribution in [3.05, 3.63) is 100 Å². The topological polar surface area (TPSA) is 199 Å². The molecule has 3 amide bonds. The molecular weight excluding hydrogens is 649 g/mol. The van der Waals surface area contributed by atoms with Crippen molar-refractivity contribution in [3.8, 4) is 5.75 Å². The maximum Gasteiger partial charge on any atom is 0.490 e. The SMILES string of the molecule is Cc1cc(O)cc(C)c1C[C@H](N)C(=O)N1Cc2ccccc2C[C@H]1C(=O)N[C@@H](CC(=O)O)C(=O)NCc1ccccc1.O=C(O)C(F)(F)F. The predicted octanol–water partition coefficient (Wildman–Crippen LogP) is 2.74. The number of aliphatic carboxylic acids is 2. The minimum absolute atomic E-state index is 0.127. The molecule has 0 unspecified atom stereocenters. The summed E-state index contributed by atoms with van der Waals surface area (Å²) in [6.45, 7) is 3.96. The van der Waals surface area contributed by atoms with Gasteiger partial charge in [-0.1, -0.05) is 54.6 Å². The molecule has 0 bridgehead atoms. The highest BCUT2D eigenvalue weighted by Crippen LogP contribution is 2.26. The Hall–Kier alpha value is -5.44. The van der Waals surface area contributed by atoms with E-state index in [4.69, 9.17) is 15.6 Å². The van der Waals surface area contributed by atoms with E-state index in [-0.39, 0.29) is 31.7 Å². The number of carbonyl (C=O) groups excluding carboxylic acids is 3. The summed E-state index contributed by atoms with van der Waals surface area (Å²) in [5.41, 5.74) is 11.4. The van der Waals surface area contributed by atoms with Crippen LogP contribution in [0.5, 0.6) is 5.75 Å². The molecule has 3 atom stereocenters. The molecule has 1 heterocycles. The molecule has 12 nitrogen and oxygen atoms in total. The van der Waals surface area contributed by atoms with Gasteiger partial charge in [0.05, 0.1) is 12.5 Å². The second kappa shape index (κ2) is 16.6. The van der Waals surface area contributed by atoms with Gasteiger partial charge in [-0.2, -0.15) is 13.2 Å². The number of rotatable bonds is 10. The van der Waals surface area contributed by atoms with Gasteiger partial charge >= 0.3 is 18.1 Å². The van der Waals surface area contributed by atoms with Gasteiger partial charge in [0.1, 0.15) is 17.8 Å². The fourth-order valence-corrected chi connectivity index (χ4v) is 5.36. The van der Waals surface area contributed by atoms with Crippen molar-refractivity contribution in [3.63, 3.8) is 0 Å². The van der Waals surface area contributed by atoms with Crippen LogP contribution in [0.1, 0.15) is 39.8 Å². The highest BCUT2D eigenvalue weighted by Gasteiger charge is 2.39. The lowest BCUT2D eigenvalue weighted by atomic mass is 9.91. The molecule has 262 valence electrons. The molecule has 1 aliphatic rings. The van der Waals surface area contributed by atoms with Crippen molar-refractivity contribution in [2.24, 2.45) is 5.73 Å². The Balaban J connectivity index is 0.000000838. The van der Waals surface area contributed by atoms with E-state index in [0.29, 0.717) is 0 Å². The quantitative estimate of drug-likeness (QED) is 0.186. The number of alkyl halides is 3. The third-order valence-corrected chi connectivity index (χ3v) is 7.82. The molecule has 3 aromatic carbocycles. The number of carboxylic acid groups (broad SMARTS) is 2. The zero-order chi connectivity index (χ0) is 36.5. The average Bonchev–Trinajstić information content (AvgIpc) is 3.04. The van der Waals surface area contributed by atoms with Crippen molar-refractivity contribution in [1.82, 2.24) is 15.5 Å². The lowest BCUT2D eigenvalue weighted by molar-refractivity contribution is -0.192. The number of carboxylic acids is 2. The number of phenolic OH excluding ortho intramolecular Hbond substituents is 1. The van der Waals surface area contributed by atoms with Crippen LogP contribution in [0, 0.1) is 13.8 Å². The average molecular weight is 687 g/mol. The summed E-state index contributed by atoms with van der Waals surface area (Å²) in [6.07, 6.45) is -5.32. The maximum absolute atomic E-state index is 13.8. The number of hydrogen-bond acceptors (Lipinski definition) is 7. The molecule has 0 aliphatic carbocycles. The van der Waals surface area contributed by atoms with Gasteiger partial charge in [0.15, 0.2) is 0 Å². The lowest BCUT2D eigenvalue weighted by Gasteiger charge is -2.38. The molecule has 1 aliphatic heterocycles. The molecule has 0 spiro atoms. The number of aromatic hydroxyl groups is 1. The molecule has 15 heteroatoms. The summed E-state index contributed by atoms with van der Waals surface area (Å²) in [4.78, 5) is 62.3. The van der Waals surface area contributed by atoms with Crippen molar-refractivity contribution in [2.45, 2.75) is 70.5 Å². The van der Waals surface area contributed by atoms with Gasteiger partial charge in [0.2, 0.25) is 17.7 Å². The van der Waals surface area contributed by atoms with Gasteiger partial charge in [0.25, 0.3) is 0 Å². The summed E-state index contributed by atoms with van der Waals surface area (Å²) in [5, 5.41) is 31.8. The minimum Gasteiger partial charge on any atom is -0.508 e. The van der Waals surface area contributed by atoms with Gasteiger partial charge in [0, 0.05) is 19.5 Å². The first kappa shape index (κ1) is 38.0. The second-order valence-corrected chi connectivity index (χ2v) is 11.5. The standard InChI is InChI=1S/C32H36N4O6.C2HF3O2/c1-19-12-24(37)13-20(2)25(19)15-26(33)32(42)36-18-23-11-7-6-10-22(23)14-28(36)31(41)35-27(16-29(38)39)30(40)34-17-21-8-4-3-5-9-21;3-2(4,5)1(6)7/h3-13,26-28,37H,14-18,33H2,1-2H3,(H,34,40)(H,35,41)(H,38,39);(H,6,7)/t26-,27-,28-;/m0./s1. The van der Waals surface area contributed by atoms with Gasteiger partial charge in [-0.15, -0.1) is 0 Å². The molecule has 0 fully saturated rings. The molecule has 4 rings (SSSR count). The summed E-state index contributed by atoms with van der Waals surface area (Å²) >= 11 is 0. The first-order chi connectivity index (χ1) is 23.0. The van der Waals surface area contributed by atoms with Crippen LogP contribution in [-0.2, 0) is 49.9 Å². The van der Waals surface area contributed by atoms with E-state index in [0.717, 1.165) is 33.4 Å². The van der Waals surface area contributed by atoms with Gasteiger partial charge in [-0.05, 0) is 65.8 Å². The van der Waals surface area contributed by atoms with E-state index in [1.54, 1.807) is 12.1 Å². The molecule has 3 aromatic rings. The fraction of sp³-hybridized carbons (Fsp3) is 0.324. The number of amides is 3. The smallest absolute Gasteiger partial charge is 0.490 e. The summed E-state index contributed by atoms with van der Waals surface area (Å²) in [5.74, 6) is -5.60. The van der Waals surface area contributed by atoms with Gasteiger partial charge < -0.3 is 36.6 Å². The number of phenols is 1. The van der Waals surface area contributed by atoms with Crippen LogP contribution in [0.2, 0.25) is 0 Å². The van der Waals surface area contributed by atoms with E-state index >= 15 is 0 Å². The summed E-state index contributed by atoms with van der Waals surface area (Å²) in [6, 6.07) is 16.5. The van der Waals surface area contributed by atoms with Crippen LogP contribution in [0.25, 0.3) is 0 Å². The third kappa shape index (κ3) is 10.8. The Morgan fingerprint density at radius 1 is 0.939 bits per heavy atom. The zero-order valence-electron chi connectivity index (χ0n) is 26.7. The van der Waals surface area contributed by atoms with Crippen molar-refractivity contribution in [1.29, 1.82) is 0 Å². The molecule has 0 saturated heterocycles. The highest BCUT2D eigenvalue weighted by atomic mass is 19.4. The number of hydrogen-bond donors (Lipinski definition) is 6. The Morgan fingerprint density at radius 2 is 1.49 bits per heavy atom. The molecule has 7 N–H and O–H groups in total. The summed E-state index contributed by atoms with van der Waals surface area (Å²) < 4.78 is 31.7. The number of nitrogens with zero attached hydrogens (tertiary/aromatic N) is 1. The van der Waals surface area contributed by atoms with E-state index in [2.05, 4.69) is 10.6 Å². The number of aryl methyl sites for hydroxylation is 2. The molecule has 0 aromatic heterocycles. The number of nitrogens with two attached hydrogens (primary N) is 1. The van der Waals surface area contributed by atoms with E-state index in [1.807, 2.05) is 68.4 Å². The van der Waals surface area contributed by atoms with Crippen molar-refractivity contribution >= 4 is 29.7 Å². The number of fused-ring (bicyclic) bond motifs is 1.